The fraction of sp³-hybridized carbons (Fsp3) is 0.462. The van der Waals surface area contributed by atoms with Crippen LogP contribution in [-0.2, 0) is 6.54 Å². The molecule has 0 spiro atoms. The van der Waals surface area contributed by atoms with Crippen molar-refractivity contribution in [1.82, 2.24) is 14.5 Å². The van der Waals surface area contributed by atoms with Gasteiger partial charge in [0.25, 0.3) is 0 Å². The molecule has 1 aromatic heterocycles. The normalized spacial score (nSPS) is 20.5. The first kappa shape index (κ1) is 13.1. The maximum Gasteiger partial charge on any atom is 0.178 e. The van der Waals surface area contributed by atoms with Crippen LogP contribution in [0.4, 0.5) is 4.39 Å². The van der Waals surface area contributed by atoms with Crippen LogP contribution in [0, 0.1) is 10.6 Å². The minimum Gasteiger partial charge on any atom is -0.331 e. The largest absolute Gasteiger partial charge is 0.331 e. The zero-order chi connectivity index (χ0) is 13.6. The molecule has 6 heteroatoms. The first-order valence-electron chi connectivity index (χ1n) is 6.34. The maximum atomic E-state index is 13.6. The Morgan fingerprint density at radius 1 is 1.53 bits per heavy atom. The van der Waals surface area contributed by atoms with E-state index in [1.54, 1.807) is 6.07 Å². The first-order valence-corrected chi connectivity index (χ1v) is 7.12. The zero-order valence-corrected chi connectivity index (χ0v) is 12.2. The number of nitrogens with one attached hydrogen (secondary N) is 1. The molecule has 1 aromatic carbocycles. The lowest BCUT2D eigenvalue weighted by atomic mass is 10.2. The van der Waals surface area contributed by atoms with E-state index in [2.05, 4.69) is 16.9 Å². The summed E-state index contributed by atoms with van der Waals surface area (Å²) in [6.07, 6.45) is 2.36. The molecule has 1 N–H and O–H groups in total. The number of hydrogen-bond acceptors (Lipinski definition) is 2. The molecule has 0 bridgehead atoms. The van der Waals surface area contributed by atoms with E-state index in [0.717, 1.165) is 30.5 Å². The summed E-state index contributed by atoms with van der Waals surface area (Å²) in [5.74, 6) is -0.406. The van der Waals surface area contributed by atoms with Gasteiger partial charge in [0.15, 0.2) is 4.77 Å². The number of H-pyrrole nitrogens is 1. The minimum atomic E-state index is -0.406. The van der Waals surface area contributed by atoms with E-state index in [1.165, 1.54) is 12.5 Å². The Bertz CT molecular complexity index is 678. The van der Waals surface area contributed by atoms with Crippen LogP contribution >= 0.6 is 23.8 Å². The van der Waals surface area contributed by atoms with Gasteiger partial charge >= 0.3 is 0 Å². The monoisotopic (exact) mass is 299 g/mol. The number of nitrogens with zero attached hydrogens (tertiary/aromatic N) is 2. The Hall–Kier alpha value is -0.910. The molecule has 1 atom stereocenters. The number of aromatic amines is 1. The second-order valence-corrected chi connectivity index (χ2v) is 5.89. The van der Waals surface area contributed by atoms with Crippen molar-refractivity contribution in [2.45, 2.75) is 25.4 Å². The molecule has 0 saturated carbocycles. The molecule has 1 aliphatic rings. The molecule has 3 rings (SSSR count). The fourth-order valence-electron chi connectivity index (χ4n) is 2.75. The molecule has 2 heterocycles. The van der Waals surface area contributed by atoms with Gasteiger partial charge in [-0.25, -0.2) is 4.39 Å². The molecule has 0 radical (unpaired) electrons. The highest BCUT2D eigenvalue weighted by molar-refractivity contribution is 7.71. The van der Waals surface area contributed by atoms with Gasteiger partial charge in [-0.1, -0.05) is 11.6 Å². The van der Waals surface area contributed by atoms with E-state index >= 15 is 0 Å². The van der Waals surface area contributed by atoms with Crippen LogP contribution < -0.4 is 0 Å². The Balaban J connectivity index is 2.05. The molecule has 1 aliphatic heterocycles. The highest BCUT2D eigenvalue weighted by Crippen LogP contribution is 2.24. The van der Waals surface area contributed by atoms with Crippen LogP contribution in [0.15, 0.2) is 12.1 Å². The van der Waals surface area contributed by atoms with Gasteiger partial charge in [0, 0.05) is 18.7 Å². The summed E-state index contributed by atoms with van der Waals surface area (Å²) >= 11 is 11.1. The summed E-state index contributed by atoms with van der Waals surface area (Å²) in [5, 5.41) is 0.119. The van der Waals surface area contributed by atoms with Crippen molar-refractivity contribution in [3.05, 3.63) is 27.7 Å². The van der Waals surface area contributed by atoms with Crippen LogP contribution in [0.2, 0.25) is 5.02 Å². The number of halogens is 2. The van der Waals surface area contributed by atoms with Crippen molar-refractivity contribution in [2.75, 3.05) is 13.6 Å². The van der Waals surface area contributed by atoms with Crippen LogP contribution in [0.5, 0.6) is 0 Å². The number of rotatable bonds is 2. The van der Waals surface area contributed by atoms with Gasteiger partial charge in [-0.15, -0.1) is 0 Å². The van der Waals surface area contributed by atoms with Crippen molar-refractivity contribution in [3.8, 4) is 0 Å². The van der Waals surface area contributed by atoms with Crippen LogP contribution in [0.25, 0.3) is 11.0 Å². The van der Waals surface area contributed by atoms with Gasteiger partial charge in [0.1, 0.15) is 5.82 Å². The molecule has 0 aliphatic carbocycles. The number of likely N-dealkylation sites (N-methyl/N-ethyl adjacent to an activating group) is 1. The van der Waals surface area contributed by atoms with Crippen molar-refractivity contribution in [1.29, 1.82) is 0 Å². The van der Waals surface area contributed by atoms with E-state index in [1.807, 2.05) is 4.57 Å². The molecule has 19 heavy (non-hydrogen) atoms. The quantitative estimate of drug-likeness (QED) is 0.857. The van der Waals surface area contributed by atoms with Gasteiger partial charge in [-0.3, -0.25) is 0 Å². The molecule has 3 nitrogen and oxygen atoms in total. The smallest absolute Gasteiger partial charge is 0.178 e. The average Bonchev–Trinajstić information content (AvgIpc) is 2.88. The summed E-state index contributed by atoms with van der Waals surface area (Å²) in [6, 6.07) is 3.51. The summed E-state index contributed by atoms with van der Waals surface area (Å²) in [7, 11) is 2.12. The van der Waals surface area contributed by atoms with Crippen molar-refractivity contribution >= 4 is 34.9 Å². The SMILES string of the molecule is CN1CCCC1Cn1c(=S)[nH]c2cc(Cl)c(F)cc21. The van der Waals surface area contributed by atoms with E-state index in [4.69, 9.17) is 23.8 Å². The highest BCUT2D eigenvalue weighted by atomic mass is 35.5. The zero-order valence-electron chi connectivity index (χ0n) is 10.6. The molecule has 0 amide bonds. The average molecular weight is 300 g/mol. The summed E-state index contributed by atoms with van der Waals surface area (Å²) in [5.41, 5.74) is 1.57. The Labute approximate surface area is 121 Å². The lowest BCUT2D eigenvalue weighted by Gasteiger charge is -2.20. The Morgan fingerprint density at radius 2 is 2.32 bits per heavy atom. The first-order chi connectivity index (χ1) is 9.06. The van der Waals surface area contributed by atoms with E-state index in [0.29, 0.717) is 10.8 Å². The van der Waals surface area contributed by atoms with Crippen molar-refractivity contribution in [2.24, 2.45) is 0 Å². The minimum absolute atomic E-state index is 0.119. The highest BCUT2D eigenvalue weighted by Gasteiger charge is 2.22. The maximum absolute atomic E-state index is 13.6. The van der Waals surface area contributed by atoms with Gasteiger partial charge in [-0.05, 0) is 44.7 Å². The summed E-state index contributed by atoms with van der Waals surface area (Å²) in [6.45, 7) is 1.90. The molecule has 102 valence electrons. The lowest BCUT2D eigenvalue weighted by Crippen LogP contribution is -2.29. The second kappa shape index (κ2) is 4.89. The molecule has 1 fully saturated rings. The molecule has 2 aromatic rings. The van der Waals surface area contributed by atoms with Crippen molar-refractivity contribution in [3.63, 3.8) is 0 Å². The topological polar surface area (TPSA) is 24.0 Å². The number of fused-ring (bicyclic) bond motifs is 1. The van der Waals surface area contributed by atoms with Crippen LogP contribution in [0.3, 0.4) is 0 Å². The second-order valence-electron chi connectivity index (χ2n) is 5.10. The van der Waals surface area contributed by atoms with E-state index in [-0.39, 0.29) is 5.02 Å². The third kappa shape index (κ3) is 2.30. The summed E-state index contributed by atoms with van der Waals surface area (Å²) in [4.78, 5) is 5.42. The predicted molar refractivity (Wildman–Crippen MR) is 77.7 cm³/mol. The lowest BCUT2D eigenvalue weighted by molar-refractivity contribution is 0.283. The van der Waals surface area contributed by atoms with Crippen LogP contribution in [0.1, 0.15) is 12.8 Å². The Kier molecular flexibility index (Phi) is 3.37. The Morgan fingerprint density at radius 3 is 3.00 bits per heavy atom. The standard InChI is InChI=1S/C13H15ClFN3S/c1-17-4-2-3-8(17)7-18-12-6-10(15)9(14)5-11(12)16-13(18)19/h5-6,8H,2-4,7H2,1H3,(H,16,19). The third-order valence-electron chi connectivity index (χ3n) is 3.88. The number of likely N-dealkylation sites (tertiary alicyclic amines) is 1. The third-order valence-corrected chi connectivity index (χ3v) is 4.49. The molecular formula is C13H15ClFN3S. The number of hydrogen-bond donors (Lipinski definition) is 1. The predicted octanol–water partition coefficient (Wildman–Crippen LogP) is 3.59. The van der Waals surface area contributed by atoms with E-state index in [9.17, 15) is 4.39 Å². The van der Waals surface area contributed by atoms with Gasteiger partial charge in [0.2, 0.25) is 0 Å². The van der Waals surface area contributed by atoms with Crippen molar-refractivity contribution < 1.29 is 4.39 Å². The number of imidazole rings is 1. The van der Waals surface area contributed by atoms with Crippen LogP contribution in [-0.4, -0.2) is 34.1 Å². The number of benzene rings is 1. The molecule has 1 saturated heterocycles. The fourth-order valence-corrected chi connectivity index (χ4v) is 3.20. The van der Waals surface area contributed by atoms with Gasteiger partial charge in [-0.2, -0.15) is 0 Å². The van der Waals surface area contributed by atoms with Gasteiger partial charge < -0.3 is 14.5 Å². The van der Waals surface area contributed by atoms with Gasteiger partial charge in [0.05, 0.1) is 16.1 Å². The molecular weight excluding hydrogens is 285 g/mol. The number of aromatic nitrogens is 2. The summed E-state index contributed by atoms with van der Waals surface area (Å²) < 4.78 is 16.2. The molecule has 1 unspecified atom stereocenters. The van der Waals surface area contributed by atoms with E-state index < -0.39 is 5.82 Å².